The Morgan fingerprint density at radius 1 is 0.914 bits per heavy atom. The van der Waals surface area contributed by atoms with E-state index in [0.717, 1.165) is 54.1 Å². The number of carbonyl (C=O) groups is 1. The van der Waals surface area contributed by atoms with E-state index in [1.54, 1.807) is 7.11 Å². The van der Waals surface area contributed by atoms with Crippen molar-refractivity contribution >= 4 is 28.2 Å². The number of hydrogen-bond donors (Lipinski definition) is 1. The van der Waals surface area contributed by atoms with E-state index < -0.39 is 0 Å². The Hall–Kier alpha value is -4.06. The molecule has 178 valence electrons. The number of methoxy groups -OCH3 is 1. The molecule has 6 heteroatoms. The summed E-state index contributed by atoms with van der Waals surface area (Å²) in [6.45, 7) is 5.53. The molecule has 0 bridgehead atoms. The third-order valence-electron chi connectivity index (χ3n) is 6.67. The lowest BCUT2D eigenvalue weighted by Gasteiger charge is -2.37. The fourth-order valence-electron chi connectivity index (χ4n) is 4.62. The van der Waals surface area contributed by atoms with Crippen LogP contribution >= 0.6 is 0 Å². The highest BCUT2D eigenvalue weighted by molar-refractivity contribution is 6.01. The number of nitrogens with one attached hydrogen (secondary N) is 1. The van der Waals surface area contributed by atoms with Gasteiger partial charge in [-0.25, -0.2) is 4.98 Å². The molecule has 6 nitrogen and oxygen atoms in total. The first-order valence-electron chi connectivity index (χ1n) is 12.0. The third-order valence-corrected chi connectivity index (χ3v) is 6.67. The van der Waals surface area contributed by atoms with Gasteiger partial charge in [-0.3, -0.25) is 4.79 Å². The smallest absolute Gasteiger partial charge is 0.251 e. The summed E-state index contributed by atoms with van der Waals surface area (Å²) in [7, 11) is 1.68. The first kappa shape index (κ1) is 22.7. The van der Waals surface area contributed by atoms with Gasteiger partial charge >= 0.3 is 0 Å². The van der Waals surface area contributed by atoms with Gasteiger partial charge in [-0.05, 0) is 60.3 Å². The predicted molar refractivity (Wildman–Crippen MR) is 141 cm³/mol. The van der Waals surface area contributed by atoms with Crippen LogP contribution in [0.1, 0.15) is 28.9 Å². The fourth-order valence-corrected chi connectivity index (χ4v) is 4.62. The molecule has 1 aromatic heterocycles. The quantitative estimate of drug-likeness (QED) is 0.430. The van der Waals surface area contributed by atoms with Gasteiger partial charge in [0.2, 0.25) is 0 Å². The van der Waals surface area contributed by atoms with Crippen LogP contribution in [0.2, 0.25) is 0 Å². The highest BCUT2D eigenvalue weighted by atomic mass is 16.5. The monoisotopic (exact) mass is 466 g/mol. The predicted octanol–water partition coefficient (Wildman–Crippen LogP) is 5.06. The maximum Gasteiger partial charge on any atom is 0.251 e. The van der Waals surface area contributed by atoms with Gasteiger partial charge < -0.3 is 19.9 Å². The summed E-state index contributed by atoms with van der Waals surface area (Å²) in [5.74, 6) is 1.72. The van der Waals surface area contributed by atoms with Crippen LogP contribution < -0.4 is 19.9 Å². The molecule has 1 amide bonds. The molecule has 0 unspecified atom stereocenters. The molecular formula is C29H30N4O2. The number of amides is 1. The number of fused-ring (bicyclic) bond motifs is 1. The number of nitrogens with zero attached hydrogens (tertiary/aromatic N) is 3. The average Bonchev–Trinajstić information content (AvgIpc) is 2.93. The third kappa shape index (κ3) is 4.92. The number of anilines is 2. The summed E-state index contributed by atoms with van der Waals surface area (Å²) in [4.78, 5) is 22.5. The van der Waals surface area contributed by atoms with Crippen LogP contribution in [0, 0.1) is 0 Å². The Labute approximate surface area is 206 Å². The van der Waals surface area contributed by atoms with Crippen molar-refractivity contribution in [3.8, 4) is 5.75 Å². The second-order valence-electron chi connectivity index (χ2n) is 8.85. The van der Waals surface area contributed by atoms with Gasteiger partial charge in [0, 0.05) is 49.0 Å². The second kappa shape index (κ2) is 10.1. The molecule has 35 heavy (non-hydrogen) atoms. The van der Waals surface area contributed by atoms with Gasteiger partial charge in [0.1, 0.15) is 11.6 Å². The number of rotatable bonds is 6. The van der Waals surface area contributed by atoms with E-state index in [4.69, 9.17) is 9.72 Å². The van der Waals surface area contributed by atoms with Gasteiger partial charge in [-0.15, -0.1) is 0 Å². The largest absolute Gasteiger partial charge is 0.497 e. The van der Waals surface area contributed by atoms with E-state index in [-0.39, 0.29) is 11.9 Å². The van der Waals surface area contributed by atoms with Crippen LogP contribution in [0.4, 0.5) is 11.5 Å². The molecule has 1 aliphatic rings. The number of carbonyl (C=O) groups excluding carboxylic acids is 1. The zero-order valence-electron chi connectivity index (χ0n) is 20.1. The van der Waals surface area contributed by atoms with Crippen LogP contribution in [-0.2, 0) is 0 Å². The van der Waals surface area contributed by atoms with Gasteiger partial charge in [0.25, 0.3) is 5.91 Å². The Bertz CT molecular complexity index is 1300. The van der Waals surface area contributed by atoms with Gasteiger partial charge in [-0.1, -0.05) is 36.4 Å². The molecule has 1 aliphatic heterocycles. The molecule has 2 heterocycles. The molecule has 1 fully saturated rings. The van der Waals surface area contributed by atoms with Crippen LogP contribution in [0.5, 0.6) is 5.75 Å². The Kier molecular flexibility index (Phi) is 6.53. The minimum Gasteiger partial charge on any atom is -0.497 e. The number of hydrogen-bond acceptors (Lipinski definition) is 5. The Balaban J connectivity index is 1.32. The van der Waals surface area contributed by atoms with Crippen molar-refractivity contribution in [1.82, 2.24) is 10.3 Å². The molecule has 1 N–H and O–H groups in total. The summed E-state index contributed by atoms with van der Waals surface area (Å²) in [5, 5.41) is 5.21. The van der Waals surface area contributed by atoms with Crippen molar-refractivity contribution in [2.75, 3.05) is 43.1 Å². The fraction of sp³-hybridized carbons (Fsp3) is 0.241. The SMILES string of the molecule is COc1ccc(N2CCN(c3nccc4ccc(C(=O)N[C@H](C)c5ccccc5)cc34)CC2)cc1. The van der Waals surface area contributed by atoms with Gasteiger partial charge in [0.15, 0.2) is 0 Å². The molecule has 5 rings (SSSR count). The first-order chi connectivity index (χ1) is 17.1. The number of aromatic nitrogens is 1. The number of ether oxygens (including phenoxy) is 1. The lowest BCUT2D eigenvalue weighted by Crippen LogP contribution is -2.46. The topological polar surface area (TPSA) is 57.7 Å². The molecule has 1 atom stereocenters. The van der Waals surface area contributed by atoms with E-state index in [1.165, 1.54) is 5.69 Å². The highest BCUT2D eigenvalue weighted by Crippen LogP contribution is 2.28. The molecule has 0 radical (unpaired) electrons. The van der Waals surface area contributed by atoms with Crippen molar-refractivity contribution in [3.63, 3.8) is 0 Å². The van der Waals surface area contributed by atoms with Crippen molar-refractivity contribution in [2.45, 2.75) is 13.0 Å². The van der Waals surface area contributed by atoms with Crippen molar-refractivity contribution in [3.05, 3.63) is 96.2 Å². The maximum atomic E-state index is 13.0. The standard InChI is InChI=1S/C29H30N4O2/c1-21(22-6-4-3-5-7-22)31-29(34)24-9-8-23-14-15-30-28(27(23)20-24)33-18-16-32(17-19-33)25-10-12-26(35-2)13-11-25/h3-15,20-21H,16-19H2,1-2H3,(H,31,34)/t21-/m1/s1. The van der Waals surface area contributed by atoms with Crippen LogP contribution in [0.25, 0.3) is 10.8 Å². The van der Waals surface area contributed by atoms with E-state index >= 15 is 0 Å². The number of pyridine rings is 1. The summed E-state index contributed by atoms with van der Waals surface area (Å²) >= 11 is 0. The Morgan fingerprint density at radius 3 is 2.34 bits per heavy atom. The minimum absolute atomic E-state index is 0.0706. The van der Waals surface area contributed by atoms with Gasteiger partial charge in [0.05, 0.1) is 13.2 Å². The van der Waals surface area contributed by atoms with E-state index in [0.29, 0.717) is 5.56 Å². The summed E-state index contributed by atoms with van der Waals surface area (Å²) in [5.41, 5.74) is 2.92. The molecule has 1 saturated heterocycles. The van der Waals surface area contributed by atoms with Crippen LogP contribution in [0.3, 0.4) is 0 Å². The first-order valence-corrected chi connectivity index (χ1v) is 12.0. The maximum absolute atomic E-state index is 13.0. The van der Waals surface area contributed by atoms with E-state index in [2.05, 4.69) is 27.2 Å². The summed E-state index contributed by atoms with van der Waals surface area (Å²) < 4.78 is 5.28. The van der Waals surface area contributed by atoms with Crippen molar-refractivity contribution < 1.29 is 9.53 Å². The van der Waals surface area contributed by atoms with E-state index in [9.17, 15) is 4.79 Å². The number of piperazine rings is 1. The zero-order chi connectivity index (χ0) is 24.2. The highest BCUT2D eigenvalue weighted by Gasteiger charge is 2.21. The summed E-state index contributed by atoms with van der Waals surface area (Å²) in [6, 6.07) is 26.0. The zero-order valence-corrected chi connectivity index (χ0v) is 20.1. The van der Waals surface area contributed by atoms with Gasteiger partial charge in [-0.2, -0.15) is 0 Å². The minimum atomic E-state index is -0.0811. The lowest BCUT2D eigenvalue weighted by atomic mass is 10.1. The van der Waals surface area contributed by atoms with E-state index in [1.807, 2.05) is 79.9 Å². The number of benzene rings is 3. The summed E-state index contributed by atoms with van der Waals surface area (Å²) in [6.07, 6.45) is 1.85. The van der Waals surface area contributed by atoms with Crippen LogP contribution in [-0.4, -0.2) is 44.2 Å². The molecule has 0 spiro atoms. The van der Waals surface area contributed by atoms with Crippen LogP contribution in [0.15, 0.2) is 85.1 Å². The van der Waals surface area contributed by atoms with Crippen molar-refractivity contribution in [1.29, 1.82) is 0 Å². The molecule has 0 saturated carbocycles. The molecule has 3 aromatic carbocycles. The lowest BCUT2D eigenvalue weighted by molar-refractivity contribution is 0.0940. The molecule has 0 aliphatic carbocycles. The Morgan fingerprint density at radius 2 is 1.63 bits per heavy atom. The van der Waals surface area contributed by atoms with Crippen molar-refractivity contribution in [2.24, 2.45) is 0 Å². The molecular weight excluding hydrogens is 436 g/mol. The second-order valence-corrected chi connectivity index (χ2v) is 8.85. The average molecular weight is 467 g/mol. The normalized spacial score (nSPS) is 14.6. The molecule has 4 aromatic rings.